The molecule has 104 valence electrons. The van der Waals surface area contributed by atoms with Crippen LogP contribution in [0.3, 0.4) is 0 Å². The Morgan fingerprint density at radius 3 is 2.65 bits per heavy atom. The normalized spacial score (nSPS) is 10.0. The summed E-state index contributed by atoms with van der Waals surface area (Å²) in [4.78, 5) is 22.5. The number of carbonyl (C=O) groups is 2. The fourth-order valence-corrected chi connectivity index (χ4v) is 1.77. The highest BCUT2D eigenvalue weighted by molar-refractivity contribution is 9.10. The first-order chi connectivity index (χ1) is 9.63. The van der Waals surface area contributed by atoms with E-state index < -0.39 is 0 Å². The monoisotopic (exact) mass is 335 g/mol. The average Bonchev–Trinajstić information content (AvgIpc) is 2.43. The Kier molecular flexibility index (Phi) is 7.07. The standard InChI is InChI=1S/C14H14BrN3O2/c15-12-4-2-1-3-11(12)5-6-13(19)17-9-10-18-14(20)7-8-16/h1-6H,7,9-10H2,(H,17,19)(H,18,20)/b6-5+. The number of halogens is 1. The molecule has 0 radical (unpaired) electrons. The van der Waals surface area contributed by atoms with Gasteiger partial charge in [0.25, 0.3) is 0 Å². The lowest BCUT2D eigenvalue weighted by Gasteiger charge is -2.03. The SMILES string of the molecule is N#CCC(=O)NCCNC(=O)/C=C/c1ccccc1Br. The molecule has 1 aromatic carbocycles. The first-order valence-electron chi connectivity index (χ1n) is 5.97. The van der Waals surface area contributed by atoms with Crippen LogP contribution in [-0.2, 0) is 9.59 Å². The van der Waals surface area contributed by atoms with E-state index in [4.69, 9.17) is 5.26 Å². The Bertz CT molecular complexity index is 550. The van der Waals surface area contributed by atoms with Crippen LogP contribution < -0.4 is 10.6 Å². The van der Waals surface area contributed by atoms with Crippen LogP contribution in [0.1, 0.15) is 12.0 Å². The van der Waals surface area contributed by atoms with Crippen molar-refractivity contribution in [2.24, 2.45) is 0 Å². The molecule has 0 saturated heterocycles. The Labute approximate surface area is 125 Å². The van der Waals surface area contributed by atoms with Crippen molar-refractivity contribution in [2.45, 2.75) is 6.42 Å². The molecule has 0 aliphatic heterocycles. The zero-order chi connectivity index (χ0) is 14.8. The third-order valence-electron chi connectivity index (χ3n) is 2.31. The van der Waals surface area contributed by atoms with Gasteiger partial charge in [0.1, 0.15) is 6.42 Å². The highest BCUT2D eigenvalue weighted by Crippen LogP contribution is 2.16. The van der Waals surface area contributed by atoms with Gasteiger partial charge in [-0.1, -0.05) is 34.1 Å². The van der Waals surface area contributed by atoms with Gasteiger partial charge in [0, 0.05) is 23.6 Å². The number of rotatable bonds is 6. The lowest BCUT2D eigenvalue weighted by Crippen LogP contribution is -2.33. The largest absolute Gasteiger partial charge is 0.353 e. The van der Waals surface area contributed by atoms with Gasteiger partial charge in [0.15, 0.2) is 0 Å². The van der Waals surface area contributed by atoms with Crippen molar-refractivity contribution in [1.29, 1.82) is 5.26 Å². The van der Waals surface area contributed by atoms with Gasteiger partial charge in [-0.3, -0.25) is 9.59 Å². The number of nitrogens with one attached hydrogen (secondary N) is 2. The van der Waals surface area contributed by atoms with E-state index in [1.54, 1.807) is 12.1 Å². The number of amides is 2. The second-order valence-corrected chi connectivity index (χ2v) is 4.69. The minimum atomic E-state index is -0.342. The van der Waals surface area contributed by atoms with E-state index in [9.17, 15) is 9.59 Å². The van der Waals surface area contributed by atoms with Crippen molar-refractivity contribution in [3.63, 3.8) is 0 Å². The summed E-state index contributed by atoms with van der Waals surface area (Å²) in [6.07, 6.45) is 2.96. The first kappa shape index (κ1) is 15.9. The molecule has 0 unspecified atom stereocenters. The molecule has 2 N–H and O–H groups in total. The average molecular weight is 336 g/mol. The minimum Gasteiger partial charge on any atom is -0.353 e. The molecule has 0 spiro atoms. The predicted octanol–water partition coefficient (Wildman–Crippen LogP) is 1.61. The summed E-state index contributed by atoms with van der Waals surface area (Å²) in [5, 5.41) is 13.4. The maximum absolute atomic E-state index is 11.5. The van der Waals surface area contributed by atoms with E-state index in [0.717, 1.165) is 10.0 Å². The van der Waals surface area contributed by atoms with E-state index in [1.165, 1.54) is 6.08 Å². The van der Waals surface area contributed by atoms with Crippen LogP contribution in [0.25, 0.3) is 6.08 Å². The maximum Gasteiger partial charge on any atom is 0.244 e. The maximum atomic E-state index is 11.5. The molecule has 0 fully saturated rings. The highest BCUT2D eigenvalue weighted by Gasteiger charge is 1.99. The van der Waals surface area contributed by atoms with E-state index >= 15 is 0 Å². The number of nitrogens with zero attached hydrogens (tertiary/aromatic N) is 1. The van der Waals surface area contributed by atoms with Gasteiger partial charge in [0.05, 0.1) is 6.07 Å². The van der Waals surface area contributed by atoms with Crippen molar-refractivity contribution in [3.8, 4) is 6.07 Å². The van der Waals surface area contributed by atoms with Crippen LogP contribution >= 0.6 is 15.9 Å². The summed E-state index contributed by atoms with van der Waals surface area (Å²) in [5.41, 5.74) is 0.907. The van der Waals surface area contributed by atoms with Gasteiger partial charge < -0.3 is 10.6 Å². The van der Waals surface area contributed by atoms with Crippen LogP contribution in [-0.4, -0.2) is 24.9 Å². The third kappa shape index (κ3) is 6.16. The Balaban J connectivity index is 2.29. The third-order valence-corrected chi connectivity index (χ3v) is 3.03. The van der Waals surface area contributed by atoms with Crippen molar-refractivity contribution < 1.29 is 9.59 Å². The molecule has 1 aromatic rings. The smallest absolute Gasteiger partial charge is 0.244 e. The molecular weight excluding hydrogens is 322 g/mol. The number of carbonyl (C=O) groups excluding carboxylic acids is 2. The van der Waals surface area contributed by atoms with Crippen LogP contribution in [0.5, 0.6) is 0 Å². The van der Waals surface area contributed by atoms with E-state index in [1.807, 2.05) is 24.3 Å². The number of nitriles is 1. The van der Waals surface area contributed by atoms with Crippen LogP contribution in [0, 0.1) is 11.3 Å². The summed E-state index contributed by atoms with van der Waals surface area (Å²) in [6.45, 7) is 0.616. The van der Waals surface area contributed by atoms with E-state index in [-0.39, 0.29) is 18.2 Å². The minimum absolute atomic E-state index is 0.171. The van der Waals surface area contributed by atoms with Crippen LogP contribution in [0.2, 0.25) is 0 Å². The lowest BCUT2D eigenvalue weighted by atomic mass is 10.2. The Morgan fingerprint density at radius 2 is 1.95 bits per heavy atom. The van der Waals surface area contributed by atoms with Gasteiger partial charge in [-0.25, -0.2) is 0 Å². The molecule has 20 heavy (non-hydrogen) atoms. The summed E-state index contributed by atoms with van der Waals surface area (Å²) < 4.78 is 0.910. The molecule has 0 heterocycles. The Hall–Kier alpha value is -2.13. The molecule has 1 rings (SSSR count). The molecule has 0 aliphatic rings. The summed E-state index contributed by atoms with van der Waals surface area (Å²) in [6, 6.07) is 9.30. The lowest BCUT2D eigenvalue weighted by molar-refractivity contribution is -0.120. The van der Waals surface area contributed by atoms with Crippen molar-refractivity contribution in [2.75, 3.05) is 13.1 Å². The second-order valence-electron chi connectivity index (χ2n) is 3.83. The number of hydrogen-bond donors (Lipinski definition) is 2. The summed E-state index contributed by atoms with van der Waals surface area (Å²) in [5.74, 6) is -0.583. The first-order valence-corrected chi connectivity index (χ1v) is 6.77. The van der Waals surface area contributed by atoms with Crippen LogP contribution in [0.15, 0.2) is 34.8 Å². The molecule has 6 heteroatoms. The second kappa shape index (κ2) is 8.88. The fourth-order valence-electron chi connectivity index (χ4n) is 1.36. The molecule has 5 nitrogen and oxygen atoms in total. The van der Waals surface area contributed by atoms with Gasteiger partial charge in [-0.15, -0.1) is 0 Å². The van der Waals surface area contributed by atoms with Crippen molar-refractivity contribution in [3.05, 3.63) is 40.4 Å². The molecule has 2 amide bonds. The van der Waals surface area contributed by atoms with Crippen LogP contribution in [0.4, 0.5) is 0 Å². The number of hydrogen-bond acceptors (Lipinski definition) is 3. The van der Waals surface area contributed by atoms with Gasteiger partial charge in [-0.2, -0.15) is 5.26 Å². The summed E-state index contributed by atoms with van der Waals surface area (Å²) >= 11 is 3.38. The Morgan fingerprint density at radius 1 is 1.25 bits per heavy atom. The number of benzene rings is 1. The molecule has 0 bridgehead atoms. The van der Waals surface area contributed by atoms with Crippen molar-refractivity contribution in [1.82, 2.24) is 10.6 Å². The molecule has 0 aliphatic carbocycles. The molecular formula is C14H14BrN3O2. The van der Waals surface area contributed by atoms with E-state index in [2.05, 4.69) is 26.6 Å². The topological polar surface area (TPSA) is 82.0 Å². The van der Waals surface area contributed by atoms with Gasteiger partial charge in [-0.05, 0) is 17.7 Å². The molecule has 0 saturated carbocycles. The highest BCUT2D eigenvalue weighted by atomic mass is 79.9. The van der Waals surface area contributed by atoms with Crippen molar-refractivity contribution >= 4 is 33.8 Å². The van der Waals surface area contributed by atoms with Gasteiger partial charge in [0.2, 0.25) is 11.8 Å². The zero-order valence-electron chi connectivity index (χ0n) is 10.7. The van der Waals surface area contributed by atoms with E-state index in [0.29, 0.717) is 13.1 Å². The quantitative estimate of drug-likeness (QED) is 0.612. The predicted molar refractivity (Wildman–Crippen MR) is 79.4 cm³/mol. The molecule has 0 aromatic heterocycles. The molecule has 0 atom stereocenters. The zero-order valence-corrected chi connectivity index (χ0v) is 12.3. The van der Waals surface area contributed by atoms with Gasteiger partial charge >= 0.3 is 0 Å². The fraction of sp³-hybridized carbons (Fsp3) is 0.214. The summed E-state index contributed by atoms with van der Waals surface area (Å²) in [7, 11) is 0.